The topological polar surface area (TPSA) is 75.7 Å². The molecule has 2 aromatic carbocycles. The average molecular weight is 654 g/mol. The summed E-state index contributed by atoms with van der Waals surface area (Å²) in [4.78, 5) is 15.4. The SMILES string of the molecule is CC(C)(C)OC(=O)N(CC(COc1ccccc1)O[Si](C)(C)C(C)(C)C)C[C@H]1CCc2cc(B3OC(C)(C)C(C)(C)O3)ccc2O1. The van der Waals surface area contributed by atoms with Gasteiger partial charge in [0.15, 0.2) is 8.32 Å². The lowest BCUT2D eigenvalue weighted by atomic mass is 9.77. The van der Waals surface area contributed by atoms with Crippen LogP contribution in [0.25, 0.3) is 0 Å². The van der Waals surface area contributed by atoms with E-state index < -0.39 is 32.2 Å². The highest BCUT2D eigenvalue weighted by molar-refractivity contribution is 6.74. The molecule has 0 aliphatic carbocycles. The Hall–Kier alpha value is -2.53. The van der Waals surface area contributed by atoms with Crippen LogP contribution in [0.5, 0.6) is 11.5 Å². The molecule has 0 bridgehead atoms. The maximum absolute atomic E-state index is 13.7. The summed E-state index contributed by atoms with van der Waals surface area (Å²) in [6.45, 7) is 26.0. The van der Waals surface area contributed by atoms with Crippen molar-refractivity contribution in [2.24, 2.45) is 0 Å². The maximum atomic E-state index is 13.7. The highest BCUT2D eigenvalue weighted by atomic mass is 28.4. The number of ether oxygens (including phenoxy) is 3. The van der Waals surface area contributed by atoms with Crippen molar-refractivity contribution in [1.29, 1.82) is 0 Å². The van der Waals surface area contributed by atoms with E-state index in [9.17, 15) is 4.79 Å². The molecule has 1 fully saturated rings. The molecule has 0 saturated carbocycles. The van der Waals surface area contributed by atoms with Gasteiger partial charge in [0.2, 0.25) is 0 Å². The molecule has 2 atom stereocenters. The fourth-order valence-electron chi connectivity index (χ4n) is 5.18. The van der Waals surface area contributed by atoms with E-state index >= 15 is 0 Å². The lowest BCUT2D eigenvalue weighted by Gasteiger charge is -2.41. The lowest BCUT2D eigenvalue weighted by Crippen LogP contribution is -2.52. The smallest absolute Gasteiger partial charge is 0.491 e. The second-order valence-corrected chi connectivity index (χ2v) is 21.0. The fraction of sp³-hybridized carbons (Fsp3) is 0.639. The Morgan fingerprint density at radius 3 is 2.22 bits per heavy atom. The molecule has 254 valence electrons. The Morgan fingerprint density at radius 1 is 1.00 bits per heavy atom. The van der Waals surface area contributed by atoms with Gasteiger partial charge in [0.05, 0.1) is 30.4 Å². The van der Waals surface area contributed by atoms with Crippen LogP contribution in [0.15, 0.2) is 48.5 Å². The Kier molecular flexibility index (Phi) is 10.7. The molecule has 1 unspecified atom stereocenters. The zero-order valence-corrected chi connectivity index (χ0v) is 31.2. The first-order valence-electron chi connectivity index (χ1n) is 16.6. The summed E-state index contributed by atoms with van der Waals surface area (Å²) in [5.41, 5.74) is 0.647. The number of para-hydroxylation sites is 1. The Labute approximate surface area is 278 Å². The minimum atomic E-state index is -2.20. The van der Waals surface area contributed by atoms with Gasteiger partial charge in [0.25, 0.3) is 0 Å². The fourth-order valence-corrected chi connectivity index (χ4v) is 6.51. The van der Waals surface area contributed by atoms with Crippen LogP contribution >= 0.6 is 0 Å². The number of hydrogen-bond acceptors (Lipinski definition) is 7. The summed E-state index contributed by atoms with van der Waals surface area (Å²) >= 11 is 0. The van der Waals surface area contributed by atoms with Gasteiger partial charge in [-0.3, -0.25) is 0 Å². The summed E-state index contributed by atoms with van der Waals surface area (Å²) in [5.74, 6) is 1.59. The Morgan fingerprint density at radius 2 is 1.63 bits per heavy atom. The molecule has 2 aliphatic heterocycles. The van der Waals surface area contributed by atoms with Crippen molar-refractivity contribution in [3.05, 3.63) is 54.1 Å². The van der Waals surface area contributed by atoms with Crippen LogP contribution in [0, 0.1) is 0 Å². The predicted molar refractivity (Wildman–Crippen MR) is 187 cm³/mol. The van der Waals surface area contributed by atoms with Crippen LogP contribution in [-0.2, 0) is 24.9 Å². The van der Waals surface area contributed by atoms with Crippen molar-refractivity contribution in [3.63, 3.8) is 0 Å². The quantitative estimate of drug-likeness (QED) is 0.248. The van der Waals surface area contributed by atoms with E-state index in [1.165, 1.54) is 0 Å². The molecule has 1 amide bonds. The molecule has 8 nitrogen and oxygen atoms in total. The second kappa shape index (κ2) is 13.5. The molecular formula is C36H56BNO7Si. The van der Waals surface area contributed by atoms with Gasteiger partial charge in [-0.15, -0.1) is 0 Å². The van der Waals surface area contributed by atoms with E-state index in [0.717, 1.165) is 35.4 Å². The monoisotopic (exact) mass is 653 g/mol. The van der Waals surface area contributed by atoms with E-state index in [-0.39, 0.29) is 23.3 Å². The Bertz CT molecular complexity index is 1320. The number of amides is 1. The molecule has 2 aromatic rings. The van der Waals surface area contributed by atoms with E-state index in [0.29, 0.717) is 19.7 Å². The average Bonchev–Trinajstić information content (AvgIpc) is 3.16. The molecule has 0 aromatic heterocycles. The molecule has 46 heavy (non-hydrogen) atoms. The van der Waals surface area contributed by atoms with Crippen LogP contribution in [0.4, 0.5) is 4.79 Å². The van der Waals surface area contributed by atoms with Crippen molar-refractivity contribution in [2.75, 3.05) is 19.7 Å². The van der Waals surface area contributed by atoms with Crippen LogP contribution in [0.2, 0.25) is 18.1 Å². The summed E-state index contributed by atoms with van der Waals surface area (Å²) < 4.78 is 38.0. The highest BCUT2D eigenvalue weighted by Gasteiger charge is 2.52. The van der Waals surface area contributed by atoms with E-state index in [1.54, 1.807) is 4.90 Å². The lowest BCUT2D eigenvalue weighted by molar-refractivity contribution is 0.000516. The largest absolute Gasteiger partial charge is 0.494 e. The standard InChI is InChI=1S/C36H56BNO7Si/c1-33(2,3)42-32(39)38(24-30(43-46(11,12)34(4,5)6)25-40-28-16-14-13-15-17-28)23-29-20-18-26-22-27(19-21-31(26)41-29)37-44-35(7,8)36(9,10)45-37/h13-17,19,21-22,29-30H,18,20,23-25H2,1-12H3/t29-,30?/m1/s1. The van der Waals surface area contributed by atoms with E-state index in [1.807, 2.05) is 63.2 Å². The van der Waals surface area contributed by atoms with Crippen LogP contribution in [0.3, 0.4) is 0 Å². The number of rotatable bonds is 10. The van der Waals surface area contributed by atoms with Crippen molar-refractivity contribution in [2.45, 2.75) is 129 Å². The predicted octanol–water partition coefficient (Wildman–Crippen LogP) is 7.39. The minimum absolute atomic E-state index is 0.0100. The van der Waals surface area contributed by atoms with Gasteiger partial charge in [-0.05, 0) is 109 Å². The van der Waals surface area contributed by atoms with Crippen molar-refractivity contribution >= 4 is 27.0 Å². The first kappa shape index (κ1) is 36.3. The molecule has 2 heterocycles. The van der Waals surface area contributed by atoms with Crippen molar-refractivity contribution in [3.8, 4) is 11.5 Å². The second-order valence-electron chi connectivity index (χ2n) is 16.2. The normalized spacial score (nSPS) is 20.0. The molecule has 0 spiro atoms. The molecule has 10 heteroatoms. The van der Waals surface area contributed by atoms with Crippen molar-refractivity contribution in [1.82, 2.24) is 4.90 Å². The van der Waals surface area contributed by atoms with Gasteiger partial charge < -0.3 is 32.8 Å². The van der Waals surface area contributed by atoms with Crippen LogP contribution in [0.1, 0.15) is 81.2 Å². The molecular weight excluding hydrogens is 597 g/mol. The Balaban J connectivity index is 1.52. The number of fused-ring (bicyclic) bond motifs is 1. The molecule has 4 rings (SSSR count). The molecule has 0 N–H and O–H groups in total. The maximum Gasteiger partial charge on any atom is 0.494 e. The molecule has 1 saturated heterocycles. The highest BCUT2D eigenvalue weighted by Crippen LogP contribution is 2.38. The van der Waals surface area contributed by atoms with Gasteiger partial charge in [0.1, 0.15) is 29.8 Å². The minimum Gasteiger partial charge on any atom is -0.491 e. The van der Waals surface area contributed by atoms with Crippen LogP contribution in [-0.4, -0.2) is 75.1 Å². The third kappa shape index (κ3) is 9.08. The van der Waals surface area contributed by atoms with Gasteiger partial charge >= 0.3 is 13.2 Å². The number of carbonyl (C=O) groups is 1. The van der Waals surface area contributed by atoms with Crippen LogP contribution < -0.4 is 14.9 Å². The zero-order valence-electron chi connectivity index (χ0n) is 30.2. The zero-order chi connectivity index (χ0) is 34.1. The van der Waals surface area contributed by atoms with E-state index in [4.69, 9.17) is 27.9 Å². The summed E-state index contributed by atoms with van der Waals surface area (Å²) in [6.07, 6.45) is 0.629. The first-order valence-corrected chi connectivity index (χ1v) is 19.6. The summed E-state index contributed by atoms with van der Waals surface area (Å²) in [7, 11) is -2.62. The first-order chi connectivity index (χ1) is 21.2. The number of carbonyl (C=O) groups excluding carboxylic acids is 1. The number of nitrogens with zero attached hydrogens (tertiary/aromatic N) is 1. The number of benzene rings is 2. The van der Waals surface area contributed by atoms with Gasteiger partial charge in [-0.25, -0.2) is 4.79 Å². The van der Waals surface area contributed by atoms with E-state index in [2.05, 4.69) is 67.6 Å². The van der Waals surface area contributed by atoms with Gasteiger partial charge in [-0.1, -0.05) is 51.1 Å². The summed E-state index contributed by atoms with van der Waals surface area (Å²) in [5, 5.41) is -0.0100. The van der Waals surface area contributed by atoms with Gasteiger partial charge in [-0.2, -0.15) is 0 Å². The summed E-state index contributed by atoms with van der Waals surface area (Å²) in [6, 6.07) is 15.9. The third-order valence-electron chi connectivity index (χ3n) is 9.59. The van der Waals surface area contributed by atoms with Crippen molar-refractivity contribution < 1.29 is 32.7 Å². The number of aryl methyl sites for hydroxylation is 1. The van der Waals surface area contributed by atoms with Gasteiger partial charge in [0, 0.05) is 0 Å². The number of hydrogen-bond donors (Lipinski definition) is 0. The molecule has 2 aliphatic rings. The third-order valence-corrected chi connectivity index (χ3v) is 14.1. The molecule has 0 radical (unpaired) electrons.